The second-order valence-electron chi connectivity index (χ2n) is 9.43. The molecule has 0 spiro atoms. The second kappa shape index (κ2) is 7.00. The van der Waals surface area contributed by atoms with Gasteiger partial charge in [0.2, 0.25) is 5.13 Å². The van der Waals surface area contributed by atoms with E-state index in [1.54, 1.807) is 18.5 Å². The molecule has 1 unspecified atom stereocenters. The lowest BCUT2D eigenvalue weighted by Crippen LogP contribution is -2.74. The Balaban J connectivity index is 1.43. The minimum atomic E-state index is -0.981. The van der Waals surface area contributed by atoms with Gasteiger partial charge in [0.05, 0.1) is 23.3 Å². The lowest BCUT2D eigenvalue weighted by atomic mass is 9.59. The molecule has 1 saturated carbocycles. The van der Waals surface area contributed by atoms with Crippen LogP contribution in [0.25, 0.3) is 21.7 Å². The van der Waals surface area contributed by atoms with Crippen molar-refractivity contribution in [3.63, 3.8) is 0 Å². The van der Waals surface area contributed by atoms with Gasteiger partial charge in [-0.3, -0.25) is 10.00 Å². The highest BCUT2D eigenvalue weighted by Gasteiger charge is 2.61. The van der Waals surface area contributed by atoms with E-state index < -0.39 is 11.7 Å². The van der Waals surface area contributed by atoms with E-state index in [4.69, 9.17) is 0 Å². The van der Waals surface area contributed by atoms with Crippen LogP contribution < -0.4 is 4.90 Å². The fourth-order valence-corrected chi connectivity index (χ4v) is 6.24. The number of H-pyrrole nitrogens is 1. The summed E-state index contributed by atoms with van der Waals surface area (Å²) >= 11 is 1.38. The van der Waals surface area contributed by atoms with Crippen LogP contribution in [-0.4, -0.2) is 68.8 Å². The monoisotopic (exact) mass is 442 g/mol. The largest absolute Gasteiger partial charge is 0.507 e. The zero-order valence-corrected chi connectivity index (χ0v) is 18.9. The Morgan fingerprint density at radius 3 is 2.74 bits per heavy atom. The Kier molecular flexibility index (Phi) is 4.60. The highest BCUT2D eigenvalue weighted by molar-refractivity contribution is 7.18. The molecule has 2 aliphatic heterocycles. The zero-order chi connectivity index (χ0) is 22.0. The van der Waals surface area contributed by atoms with Crippen LogP contribution in [0.2, 0.25) is 0 Å². The third kappa shape index (κ3) is 3.05. The number of phenolic OH excluding ortho intramolecular Hbond substituents is 1. The molecule has 2 bridgehead atoms. The van der Waals surface area contributed by atoms with Crippen LogP contribution in [-0.2, 0) is 0 Å². The van der Waals surface area contributed by atoms with E-state index in [1.807, 2.05) is 38.1 Å². The van der Waals surface area contributed by atoms with Crippen LogP contribution in [0, 0.1) is 5.41 Å². The van der Waals surface area contributed by atoms with Crippen molar-refractivity contribution in [2.45, 2.75) is 44.4 Å². The van der Waals surface area contributed by atoms with Crippen molar-refractivity contribution in [3.8, 4) is 27.4 Å². The highest BCUT2D eigenvalue weighted by Crippen LogP contribution is 2.53. The van der Waals surface area contributed by atoms with Crippen molar-refractivity contribution in [1.82, 2.24) is 25.3 Å². The first-order chi connectivity index (χ1) is 14.7. The maximum absolute atomic E-state index is 15.8. The lowest BCUT2D eigenvalue weighted by Gasteiger charge is -2.63. The van der Waals surface area contributed by atoms with Crippen LogP contribution in [0.3, 0.4) is 0 Å². The summed E-state index contributed by atoms with van der Waals surface area (Å²) in [6.07, 6.45) is 4.35. The Morgan fingerprint density at radius 2 is 2.06 bits per heavy atom. The fraction of sp³-hybridized carbons (Fsp3) is 0.500. The molecule has 164 valence electrons. The number of aromatic amines is 1. The third-order valence-electron chi connectivity index (χ3n) is 7.45. The second-order valence-corrected chi connectivity index (χ2v) is 10.4. The summed E-state index contributed by atoms with van der Waals surface area (Å²) in [5.41, 5.74) is 1.77. The molecule has 31 heavy (non-hydrogen) atoms. The van der Waals surface area contributed by atoms with Gasteiger partial charge in [-0.2, -0.15) is 5.10 Å². The number of benzene rings is 1. The predicted molar refractivity (Wildman–Crippen MR) is 120 cm³/mol. The number of hydrogen-bond donors (Lipinski definition) is 2. The van der Waals surface area contributed by atoms with Crippen LogP contribution in [0.4, 0.5) is 9.52 Å². The average molecular weight is 443 g/mol. The lowest BCUT2D eigenvalue weighted by molar-refractivity contribution is -0.123. The molecular formula is C22H27FN6OS. The Labute approximate surface area is 184 Å². The van der Waals surface area contributed by atoms with Crippen molar-refractivity contribution < 1.29 is 9.50 Å². The van der Waals surface area contributed by atoms with E-state index in [2.05, 4.69) is 32.2 Å². The molecule has 3 aliphatic rings. The van der Waals surface area contributed by atoms with E-state index >= 15 is 4.39 Å². The molecular weight excluding hydrogens is 415 g/mol. The molecule has 4 atom stereocenters. The van der Waals surface area contributed by atoms with Crippen molar-refractivity contribution in [1.29, 1.82) is 0 Å². The molecule has 7 nitrogen and oxygen atoms in total. The van der Waals surface area contributed by atoms with Gasteiger partial charge in [-0.15, -0.1) is 10.2 Å². The van der Waals surface area contributed by atoms with Gasteiger partial charge in [-0.25, -0.2) is 4.39 Å². The summed E-state index contributed by atoms with van der Waals surface area (Å²) in [4.78, 5) is 4.14. The number of alkyl halides is 1. The van der Waals surface area contributed by atoms with Gasteiger partial charge in [-0.05, 0) is 44.5 Å². The molecule has 6 rings (SSSR count). The number of rotatable bonds is 4. The molecule has 9 heteroatoms. The third-order valence-corrected chi connectivity index (χ3v) is 8.50. The Hall–Kier alpha value is -2.52. The summed E-state index contributed by atoms with van der Waals surface area (Å²) < 4.78 is 15.8. The van der Waals surface area contributed by atoms with E-state index in [0.717, 1.165) is 30.5 Å². The van der Waals surface area contributed by atoms with Crippen molar-refractivity contribution in [2.75, 3.05) is 25.5 Å². The minimum absolute atomic E-state index is 0.130. The van der Waals surface area contributed by atoms with E-state index in [-0.39, 0.29) is 17.2 Å². The summed E-state index contributed by atoms with van der Waals surface area (Å²) in [5, 5.41) is 27.3. The van der Waals surface area contributed by atoms with Crippen LogP contribution in [0.1, 0.15) is 26.7 Å². The van der Waals surface area contributed by atoms with Crippen LogP contribution >= 0.6 is 11.3 Å². The molecule has 2 N–H and O–H groups in total. The van der Waals surface area contributed by atoms with Crippen LogP contribution in [0.5, 0.6) is 5.75 Å². The number of hydrogen-bond acceptors (Lipinski definition) is 7. The first kappa shape index (κ1) is 20.4. The Bertz CT molecular complexity index is 1100. The average Bonchev–Trinajstić information content (AvgIpc) is 3.42. The molecule has 2 aromatic heterocycles. The zero-order valence-electron chi connectivity index (χ0n) is 18.1. The summed E-state index contributed by atoms with van der Waals surface area (Å²) in [6.45, 7) is 5.07. The van der Waals surface area contributed by atoms with E-state index in [1.165, 1.54) is 11.3 Å². The summed E-state index contributed by atoms with van der Waals surface area (Å²) in [6, 6.07) is 5.18. The fourth-order valence-electron chi connectivity index (χ4n) is 5.36. The molecule has 1 aromatic carbocycles. The number of piperidine rings is 2. The maximum Gasteiger partial charge on any atom is 0.208 e. The number of nitrogens with zero attached hydrogens (tertiary/aromatic N) is 5. The van der Waals surface area contributed by atoms with Crippen molar-refractivity contribution >= 4 is 16.5 Å². The van der Waals surface area contributed by atoms with Crippen molar-refractivity contribution in [2.24, 2.45) is 5.41 Å². The maximum atomic E-state index is 15.8. The van der Waals surface area contributed by atoms with Gasteiger partial charge in [-0.1, -0.05) is 24.3 Å². The number of fused-ring (bicyclic) bond motifs is 3. The number of anilines is 1. The summed E-state index contributed by atoms with van der Waals surface area (Å²) in [7, 11) is 3.94. The van der Waals surface area contributed by atoms with Crippen molar-refractivity contribution in [3.05, 3.63) is 30.6 Å². The normalized spacial score (nSPS) is 30.6. The predicted octanol–water partition coefficient (Wildman–Crippen LogP) is 3.95. The van der Waals surface area contributed by atoms with Gasteiger partial charge in [0, 0.05) is 30.8 Å². The standard InChI is InChI=1S/C22H27FN6OS/c1-21-7-8-22(2,28(3)12-21)17(23)18(21)29(4)20-27-26-19(31-20)15-6-5-13(9-16(15)30)14-10-24-25-11-14/h5-6,9-11,17-18,30H,7-8,12H2,1-4H3,(H,24,25)/t17?,18-,21+,22+/m1/s1. The number of phenols is 1. The first-order valence-corrected chi connectivity index (χ1v) is 11.3. The number of aromatic nitrogens is 4. The van der Waals surface area contributed by atoms with Gasteiger partial charge in [0.1, 0.15) is 11.9 Å². The molecule has 3 fully saturated rings. The Morgan fingerprint density at radius 1 is 1.26 bits per heavy atom. The number of aromatic hydroxyl groups is 1. The van der Waals surface area contributed by atoms with Gasteiger partial charge in [0.15, 0.2) is 5.01 Å². The smallest absolute Gasteiger partial charge is 0.208 e. The molecule has 0 radical (unpaired) electrons. The summed E-state index contributed by atoms with van der Waals surface area (Å²) in [5.74, 6) is 0.130. The topological polar surface area (TPSA) is 81.2 Å². The van der Waals surface area contributed by atoms with Gasteiger partial charge < -0.3 is 10.0 Å². The highest BCUT2D eigenvalue weighted by atomic mass is 32.1. The first-order valence-electron chi connectivity index (χ1n) is 10.5. The quantitative estimate of drug-likeness (QED) is 0.637. The molecule has 2 saturated heterocycles. The van der Waals surface area contributed by atoms with E-state index in [9.17, 15) is 5.11 Å². The number of halogens is 1. The molecule has 3 aromatic rings. The molecule has 1 aliphatic carbocycles. The van der Waals surface area contributed by atoms with E-state index in [0.29, 0.717) is 15.7 Å². The molecule has 4 heterocycles. The SMILES string of the molecule is CN(c1nnc(-c2ccc(-c3cn[nH]c3)cc2O)s1)[C@@H]1C(F)[C@]2(C)CC[C@@]1(C)CN2C. The minimum Gasteiger partial charge on any atom is -0.507 e. The van der Waals surface area contributed by atoms with Gasteiger partial charge >= 0.3 is 0 Å². The van der Waals surface area contributed by atoms with Gasteiger partial charge in [0.25, 0.3) is 0 Å². The van der Waals surface area contributed by atoms with Crippen LogP contribution in [0.15, 0.2) is 30.6 Å². The molecule has 0 amide bonds. The number of nitrogens with one attached hydrogen (secondary N) is 1.